The zero-order valence-electron chi connectivity index (χ0n) is 11.6. The third-order valence-corrected chi connectivity index (χ3v) is 3.11. The zero-order valence-corrected chi connectivity index (χ0v) is 11.6. The molecule has 0 saturated heterocycles. The fourth-order valence-corrected chi connectivity index (χ4v) is 2.09. The van der Waals surface area contributed by atoms with Gasteiger partial charge in [-0.25, -0.2) is 4.68 Å². The highest BCUT2D eigenvalue weighted by Crippen LogP contribution is 2.23. The van der Waals surface area contributed by atoms with Crippen molar-refractivity contribution in [2.45, 2.75) is 0 Å². The van der Waals surface area contributed by atoms with E-state index in [2.05, 4.69) is 21.2 Å². The Hall–Kier alpha value is -3.40. The van der Waals surface area contributed by atoms with Gasteiger partial charge in [-0.2, -0.15) is 5.10 Å². The first-order valence-electron chi connectivity index (χ1n) is 6.31. The third-order valence-electron chi connectivity index (χ3n) is 3.11. The molecule has 2 N–H and O–H groups in total. The number of rotatable bonds is 3. The van der Waals surface area contributed by atoms with Gasteiger partial charge in [0, 0.05) is 11.6 Å². The molecule has 0 atom stereocenters. The smallest absolute Gasteiger partial charge is 0.269 e. The Balaban J connectivity index is 2.30. The lowest BCUT2D eigenvalue weighted by molar-refractivity contribution is 0.0996. The van der Waals surface area contributed by atoms with E-state index in [0.29, 0.717) is 22.3 Å². The molecule has 7 nitrogen and oxygen atoms in total. The maximum atomic E-state index is 11.6. The Morgan fingerprint density at radius 2 is 2.18 bits per heavy atom. The van der Waals surface area contributed by atoms with Gasteiger partial charge in [-0.3, -0.25) is 4.79 Å². The van der Waals surface area contributed by atoms with Crippen LogP contribution in [0.1, 0.15) is 16.1 Å². The van der Waals surface area contributed by atoms with Crippen molar-refractivity contribution in [3.8, 4) is 23.9 Å². The van der Waals surface area contributed by atoms with Crippen LogP contribution in [0.4, 0.5) is 0 Å². The number of carbonyl (C=O) groups excluding carboxylic acids is 1. The first-order valence-corrected chi connectivity index (χ1v) is 6.31. The van der Waals surface area contributed by atoms with Gasteiger partial charge in [0.05, 0.1) is 18.2 Å². The van der Waals surface area contributed by atoms with Gasteiger partial charge < -0.3 is 10.5 Å². The lowest BCUT2D eigenvalue weighted by atomic mass is 10.2. The number of nitrogens with two attached hydrogens (primary N) is 1. The second-order valence-electron chi connectivity index (χ2n) is 4.44. The zero-order chi connectivity index (χ0) is 15.7. The third kappa shape index (κ3) is 2.13. The quantitative estimate of drug-likeness (QED) is 0.724. The molecule has 0 radical (unpaired) electrons. The predicted octanol–water partition coefficient (Wildman–Crippen LogP) is 0.904. The number of benzene rings is 1. The van der Waals surface area contributed by atoms with E-state index < -0.39 is 5.91 Å². The van der Waals surface area contributed by atoms with Crippen molar-refractivity contribution in [1.29, 1.82) is 0 Å². The van der Waals surface area contributed by atoms with Crippen LogP contribution < -0.4 is 10.5 Å². The maximum Gasteiger partial charge on any atom is 0.269 e. The summed E-state index contributed by atoms with van der Waals surface area (Å²) in [6, 6.07) is 8.70. The van der Waals surface area contributed by atoms with Gasteiger partial charge >= 0.3 is 0 Å². The second kappa shape index (κ2) is 5.18. The summed E-state index contributed by atoms with van der Waals surface area (Å²) in [6.07, 6.45) is 5.40. The maximum absolute atomic E-state index is 11.6. The van der Waals surface area contributed by atoms with E-state index in [4.69, 9.17) is 16.9 Å². The largest absolute Gasteiger partial charge is 0.480 e. The van der Waals surface area contributed by atoms with Crippen molar-refractivity contribution in [2.75, 3.05) is 7.11 Å². The Bertz CT molecular complexity index is 923. The molecule has 2 heterocycles. The van der Waals surface area contributed by atoms with Crippen molar-refractivity contribution < 1.29 is 9.53 Å². The Labute approximate surface area is 125 Å². The molecule has 1 amide bonds. The van der Waals surface area contributed by atoms with Gasteiger partial charge in [0.25, 0.3) is 5.91 Å². The molecular formula is C15H11N5O2. The van der Waals surface area contributed by atoms with Crippen molar-refractivity contribution in [3.63, 3.8) is 0 Å². The highest BCUT2D eigenvalue weighted by molar-refractivity contribution is 6.03. The molecule has 7 heteroatoms. The topological polar surface area (TPSA) is 95.9 Å². The van der Waals surface area contributed by atoms with E-state index in [-0.39, 0.29) is 11.6 Å². The number of amides is 1. The molecule has 1 aromatic carbocycles. The lowest BCUT2D eigenvalue weighted by Crippen LogP contribution is -2.12. The minimum Gasteiger partial charge on any atom is -0.480 e. The van der Waals surface area contributed by atoms with Crippen LogP contribution in [0.3, 0.4) is 0 Å². The number of hydrogen-bond donors (Lipinski definition) is 1. The fraction of sp³-hybridized carbons (Fsp3) is 0.0667. The summed E-state index contributed by atoms with van der Waals surface area (Å²) in [5.74, 6) is 2.15. The number of hydrogen-bond acceptors (Lipinski definition) is 5. The SMILES string of the molecule is C#Cc1cccc(-n2nc(C(N)=O)c3cc(OC)nnc32)c1. The Kier molecular flexibility index (Phi) is 3.20. The van der Waals surface area contributed by atoms with Crippen LogP contribution in [-0.4, -0.2) is 33.0 Å². The monoisotopic (exact) mass is 293 g/mol. The van der Waals surface area contributed by atoms with Crippen LogP contribution in [0.2, 0.25) is 0 Å². The molecule has 3 aromatic rings. The summed E-state index contributed by atoms with van der Waals surface area (Å²) in [4.78, 5) is 11.6. The highest BCUT2D eigenvalue weighted by atomic mass is 16.5. The number of aromatic nitrogens is 4. The van der Waals surface area contributed by atoms with Gasteiger partial charge in [-0.1, -0.05) is 12.0 Å². The summed E-state index contributed by atoms with van der Waals surface area (Å²) < 4.78 is 6.49. The van der Waals surface area contributed by atoms with Gasteiger partial charge in [0.1, 0.15) is 0 Å². The average molecular weight is 293 g/mol. The molecule has 3 rings (SSSR count). The summed E-state index contributed by atoms with van der Waals surface area (Å²) in [5.41, 5.74) is 7.21. The van der Waals surface area contributed by atoms with Gasteiger partial charge in [-0.15, -0.1) is 16.6 Å². The number of methoxy groups -OCH3 is 1. The first-order chi connectivity index (χ1) is 10.6. The van der Waals surface area contributed by atoms with Crippen LogP contribution in [-0.2, 0) is 0 Å². The van der Waals surface area contributed by atoms with Gasteiger partial charge in [-0.05, 0) is 18.2 Å². The molecule has 0 spiro atoms. The van der Waals surface area contributed by atoms with E-state index in [0.717, 1.165) is 0 Å². The van der Waals surface area contributed by atoms with E-state index in [1.807, 2.05) is 0 Å². The Morgan fingerprint density at radius 3 is 2.86 bits per heavy atom. The molecule has 0 fully saturated rings. The molecule has 0 bridgehead atoms. The number of ether oxygens (including phenoxy) is 1. The van der Waals surface area contributed by atoms with Crippen LogP contribution in [0.5, 0.6) is 5.88 Å². The van der Waals surface area contributed by atoms with E-state index in [1.54, 1.807) is 30.3 Å². The van der Waals surface area contributed by atoms with E-state index >= 15 is 0 Å². The predicted molar refractivity (Wildman–Crippen MR) is 79.7 cm³/mol. The number of primary amides is 1. The fourth-order valence-electron chi connectivity index (χ4n) is 2.09. The van der Waals surface area contributed by atoms with Crippen molar-refractivity contribution in [1.82, 2.24) is 20.0 Å². The Morgan fingerprint density at radius 1 is 1.36 bits per heavy atom. The minimum atomic E-state index is -0.660. The van der Waals surface area contributed by atoms with Crippen molar-refractivity contribution in [2.24, 2.45) is 5.73 Å². The summed E-state index contributed by atoms with van der Waals surface area (Å²) in [7, 11) is 1.46. The molecule has 22 heavy (non-hydrogen) atoms. The standard InChI is InChI=1S/C15H11N5O2/c1-3-9-5-4-6-10(7-9)20-15-11(13(19-20)14(16)21)8-12(22-2)17-18-15/h1,4-8H,2H3,(H2,16,21). The minimum absolute atomic E-state index is 0.0920. The van der Waals surface area contributed by atoms with Crippen LogP contribution in [0.15, 0.2) is 30.3 Å². The molecule has 0 unspecified atom stereocenters. The normalized spacial score (nSPS) is 10.4. The number of nitrogens with zero attached hydrogens (tertiary/aromatic N) is 4. The van der Waals surface area contributed by atoms with Gasteiger partial charge in [0.15, 0.2) is 11.3 Å². The molecule has 0 saturated carbocycles. The number of fused-ring (bicyclic) bond motifs is 1. The van der Waals surface area contributed by atoms with E-state index in [9.17, 15) is 4.79 Å². The summed E-state index contributed by atoms with van der Waals surface area (Å²) in [5, 5.41) is 12.6. The first kappa shape index (κ1) is 13.6. The molecule has 0 aliphatic carbocycles. The van der Waals surface area contributed by atoms with Crippen LogP contribution >= 0.6 is 0 Å². The second-order valence-corrected chi connectivity index (χ2v) is 4.44. The molecule has 2 aromatic heterocycles. The molecule has 0 aliphatic heterocycles. The highest BCUT2D eigenvalue weighted by Gasteiger charge is 2.18. The summed E-state index contributed by atoms with van der Waals surface area (Å²) in [6.45, 7) is 0. The van der Waals surface area contributed by atoms with E-state index in [1.165, 1.54) is 11.8 Å². The van der Waals surface area contributed by atoms with Crippen molar-refractivity contribution in [3.05, 3.63) is 41.6 Å². The summed E-state index contributed by atoms with van der Waals surface area (Å²) >= 11 is 0. The molecular weight excluding hydrogens is 282 g/mol. The molecule has 0 aliphatic rings. The average Bonchev–Trinajstić information content (AvgIpc) is 2.93. The van der Waals surface area contributed by atoms with Crippen molar-refractivity contribution >= 4 is 16.9 Å². The van der Waals surface area contributed by atoms with Crippen LogP contribution in [0.25, 0.3) is 16.7 Å². The molecule has 108 valence electrons. The lowest BCUT2D eigenvalue weighted by Gasteiger charge is -2.03. The number of terminal acetylenes is 1. The number of carbonyl (C=O) groups is 1. The van der Waals surface area contributed by atoms with Gasteiger partial charge in [0.2, 0.25) is 5.88 Å². The van der Waals surface area contributed by atoms with Crippen LogP contribution in [0, 0.1) is 12.3 Å².